The van der Waals surface area contributed by atoms with Gasteiger partial charge in [-0.05, 0) is 72.3 Å². The van der Waals surface area contributed by atoms with Crippen molar-refractivity contribution in [2.45, 2.75) is 25.8 Å². The van der Waals surface area contributed by atoms with Gasteiger partial charge in [-0.2, -0.15) is 0 Å². The molecule has 0 saturated carbocycles. The summed E-state index contributed by atoms with van der Waals surface area (Å²) in [5.41, 5.74) is 11.9. The van der Waals surface area contributed by atoms with Crippen molar-refractivity contribution in [1.82, 2.24) is 15.3 Å². The lowest BCUT2D eigenvalue weighted by Gasteiger charge is -2.32. The third-order valence-electron chi connectivity index (χ3n) is 4.87. The van der Waals surface area contributed by atoms with Crippen molar-refractivity contribution in [2.75, 3.05) is 24.5 Å². The maximum Gasteiger partial charge on any atom is 0.137 e. The molecule has 4 rings (SSSR count). The highest BCUT2D eigenvalue weighted by Crippen LogP contribution is 2.30. The zero-order valence-corrected chi connectivity index (χ0v) is 15.9. The number of nitrogens with two attached hydrogens (primary N) is 1. The Hall–Kier alpha value is -1.54. The summed E-state index contributed by atoms with van der Waals surface area (Å²) in [6.07, 6.45) is 6.20. The number of aryl methyl sites for hydroxylation is 1. The van der Waals surface area contributed by atoms with Crippen LogP contribution < -0.4 is 16.0 Å². The molecule has 0 atom stereocenters. The lowest BCUT2D eigenvalue weighted by Crippen LogP contribution is -2.39. The van der Waals surface area contributed by atoms with Gasteiger partial charge in [0.15, 0.2) is 0 Å². The van der Waals surface area contributed by atoms with E-state index in [1.54, 1.807) is 0 Å². The number of piperidine rings is 1. The van der Waals surface area contributed by atoms with Gasteiger partial charge in [0.25, 0.3) is 0 Å². The second-order valence-electron chi connectivity index (χ2n) is 6.61. The molecule has 126 valence electrons. The molecule has 0 amide bonds. The number of halogens is 1. The Morgan fingerprint density at radius 3 is 2.83 bits per heavy atom. The number of hydrogen-bond acceptors (Lipinski definition) is 4. The van der Waals surface area contributed by atoms with E-state index in [1.807, 2.05) is 6.20 Å². The van der Waals surface area contributed by atoms with Crippen molar-refractivity contribution >= 4 is 44.9 Å². The number of aromatic nitrogens is 2. The monoisotopic (exact) mass is 435 g/mol. The Morgan fingerprint density at radius 2 is 2.08 bits per heavy atom. The number of allylic oxidation sites excluding steroid dienone is 2. The predicted molar refractivity (Wildman–Crippen MR) is 108 cm³/mol. The van der Waals surface area contributed by atoms with E-state index in [-0.39, 0.29) is 0 Å². The number of nitrogens with zero attached hydrogens (tertiary/aromatic N) is 2. The first-order valence-corrected chi connectivity index (χ1v) is 9.49. The Morgan fingerprint density at radius 1 is 1.29 bits per heavy atom. The van der Waals surface area contributed by atoms with Gasteiger partial charge >= 0.3 is 0 Å². The number of nitrogens with one attached hydrogen (secondary N) is 2. The van der Waals surface area contributed by atoms with E-state index in [0.717, 1.165) is 49.3 Å². The van der Waals surface area contributed by atoms with Crippen LogP contribution in [0, 0.1) is 6.92 Å². The maximum absolute atomic E-state index is 6.03. The average molecular weight is 435 g/mol. The highest BCUT2D eigenvalue weighted by molar-refractivity contribution is 14.1. The van der Waals surface area contributed by atoms with Crippen LogP contribution >= 0.6 is 22.6 Å². The molecule has 2 aliphatic rings. The summed E-state index contributed by atoms with van der Waals surface area (Å²) in [6.45, 7) is 5.02. The SMILES string of the molecule is Cc1cc(N2CCC(N)CC2)cc2[nH]c(C3=C(I)C=CNC3)nc12. The number of rotatable bonds is 2. The lowest BCUT2D eigenvalue weighted by molar-refractivity contribution is 0.501. The van der Waals surface area contributed by atoms with Crippen molar-refractivity contribution in [2.24, 2.45) is 5.73 Å². The van der Waals surface area contributed by atoms with Gasteiger partial charge in [0.1, 0.15) is 5.82 Å². The Balaban J connectivity index is 1.72. The maximum atomic E-state index is 6.03. The largest absolute Gasteiger partial charge is 0.387 e. The van der Waals surface area contributed by atoms with Crippen LogP contribution in [0.3, 0.4) is 0 Å². The molecule has 6 heteroatoms. The average Bonchev–Trinajstić information content (AvgIpc) is 3.00. The summed E-state index contributed by atoms with van der Waals surface area (Å²) in [6, 6.07) is 4.84. The van der Waals surface area contributed by atoms with Crippen molar-refractivity contribution in [3.05, 3.63) is 39.4 Å². The van der Waals surface area contributed by atoms with E-state index in [1.165, 1.54) is 20.4 Å². The zero-order chi connectivity index (χ0) is 16.7. The van der Waals surface area contributed by atoms with Gasteiger partial charge in [0.2, 0.25) is 0 Å². The number of aromatic amines is 1. The minimum atomic E-state index is 0.353. The second kappa shape index (κ2) is 6.40. The van der Waals surface area contributed by atoms with Gasteiger partial charge in [0.05, 0.1) is 11.0 Å². The van der Waals surface area contributed by atoms with Crippen molar-refractivity contribution in [3.63, 3.8) is 0 Å². The van der Waals surface area contributed by atoms with Crippen LogP contribution in [0.5, 0.6) is 0 Å². The highest BCUT2D eigenvalue weighted by Gasteiger charge is 2.19. The number of imidazole rings is 1. The first kappa shape index (κ1) is 16.0. The highest BCUT2D eigenvalue weighted by atomic mass is 127. The number of anilines is 1. The predicted octanol–water partition coefficient (Wildman–Crippen LogP) is 3.06. The van der Waals surface area contributed by atoms with E-state index in [4.69, 9.17) is 10.7 Å². The molecule has 1 fully saturated rings. The minimum absolute atomic E-state index is 0.353. The summed E-state index contributed by atoms with van der Waals surface area (Å²) < 4.78 is 1.23. The molecule has 1 aromatic carbocycles. The number of H-pyrrole nitrogens is 1. The molecule has 24 heavy (non-hydrogen) atoms. The number of dihydropyridines is 1. The van der Waals surface area contributed by atoms with Gasteiger partial charge in [-0.25, -0.2) is 4.98 Å². The fraction of sp³-hybridized carbons (Fsp3) is 0.389. The summed E-state index contributed by atoms with van der Waals surface area (Å²) >= 11 is 2.37. The standard InChI is InChI=1S/C18H22IN5/c1-11-8-13(24-6-3-12(20)4-7-24)9-16-17(11)23-18(22-16)14-10-21-5-2-15(14)19/h2,5,8-9,12,21H,3-4,6-7,10,20H2,1H3,(H,22,23). The Kier molecular flexibility index (Phi) is 4.26. The quantitative estimate of drug-likeness (QED) is 0.635. The summed E-state index contributed by atoms with van der Waals surface area (Å²) in [5.74, 6) is 0.965. The van der Waals surface area contributed by atoms with E-state index in [0.29, 0.717) is 6.04 Å². The van der Waals surface area contributed by atoms with Crippen molar-refractivity contribution < 1.29 is 0 Å². The molecule has 4 N–H and O–H groups in total. The second-order valence-corrected chi connectivity index (χ2v) is 7.77. The van der Waals surface area contributed by atoms with Crippen LogP contribution in [0.4, 0.5) is 5.69 Å². The third kappa shape index (κ3) is 2.93. The molecule has 3 heterocycles. The zero-order valence-electron chi connectivity index (χ0n) is 13.8. The Bertz CT molecular complexity index is 827. The molecule has 0 unspecified atom stereocenters. The molecular formula is C18H22IN5. The van der Waals surface area contributed by atoms with Crippen molar-refractivity contribution in [3.8, 4) is 0 Å². The Labute approximate surface area is 155 Å². The summed E-state index contributed by atoms with van der Waals surface area (Å²) in [7, 11) is 0. The number of hydrogen-bond donors (Lipinski definition) is 3. The molecule has 2 aliphatic heterocycles. The van der Waals surface area contributed by atoms with Crippen LogP contribution in [0.15, 0.2) is 28.0 Å². The molecule has 1 saturated heterocycles. The molecule has 0 aliphatic carbocycles. The molecule has 2 aromatic rings. The molecule has 0 bridgehead atoms. The number of fused-ring (bicyclic) bond motifs is 1. The summed E-state index contributed by atoms with van der Waals surface area (Å²) in [5, 5.41) is 3.27. The smallest absolute Gasteiger partial charge is 0.137 e. The fourth-order valence-corrected chi connectivity index (χ4v) is 4.06. The molecule has 5 nitrogen and oxygen atoms in total. The van der Waals surface area contributed by atoms with Crippen LogP contribution in [-0.2, 0) is 0 Å². The fourth-order valence-electron chi connectivity index (χ4n) is 3.43. The summed E-state index contributed by atoms with van der Waals surface area (Å²) in [4.78, 5) is 10.8. The number of benzene rings is 1. The van der Waals surface area contributed by atoms with Gasteiger partial charge in [-0.1, -0.05) is 0 Å². The van der Waals surface area contributed by atoms with E-state index in [2.05, 4.69) is 62.9 Å². The van der Waals surface area contributed by atoms with Crippen LogP contribution in [-0.4, -0.2) is 35.6 Å². The van der Waals surface area contributed by atoms with E-state index in [9.17, 15) is 0 Å². The van der Waals surface area contributed by atoms with E-state index < -0.39 is 0 Å². The third-order valence-corrected chi connectivity index (χ3v) is 5.88. The van der Waals surface area contributed by atoms with E-state index >= 15 is 0 Å². The van der Waals surface area contributed by atoms with Gasteiger partial charge in [-0.15, -0.1) is 0 Å². The molecular weight excluding hydrogens is 413 g/mol. The van der Waals surface area contributed by atoms with Gasteiger partial charge in [-0.3, -0.25) is 0 Å². The van der Waals surface area contributed by atoms with Gasteiger partial charge < -0.3 is 20.9 Å². The molecule has 1 aromatic heterocycles. The molecule has 0 spiro atoms. The van der Waals surface area contributed by atoms with Crippen LogP contribution in [0.1, 0.15) is 24.2 Å². The van der Waals surface area contributed by atoms with Crippen molar-refractivity contribution in [1.29, 1.82) is 0 Å². The normalized spacial score (nSPS) is 19.2. The lowest BCUT2D eigenvalue weighted by atomic mass is 10.0. The molecule has 0 radical (unpaired) electrons. The van der Waals surface area contributed by atoms with Crippen LogP contribution in [0.2, 0.25) is 0 Å². The van der Waals surface area contributed by atoms with Gasteiger partial charge in [0, 0.05) is 40.5 Å². The van der Waals surface area contributed by atoms with Crippen LogP contribution in [0.25, 0.3) is 16.6 Å². The minimum Gasteiger partial charge on any atom is -0.387 e. The first-order chi connectivity index (χ1) is 11.6. The topological polar surface area (TPSA) is 70.0 Å². The first-order valence-electron chi connectivity index (χ1n) is 8.41.